The summed E-state index contributed by atoms with van der Waals surface area (Å²) < 4.78 is 2.20. The Morgan fingerprint density at radius 1 is 1.32 bits per heavy atom. The van der Waals surface area contributed by atoms with Gasteiger partial charge in [0, 0.05) is 38.2 Å². The van der Waals surface area contributed by atoms with Crippen LogP contribution in [0.25, 0.3) is 0 Å². The number of hydrogen-bond acceptors (Lipinski definition) is 3. The van der Waals surface area contributed by atoms with Gasteiger partial charge < -0.3 is 5.32 Å². The highest BCUT2D eigenvalue weighted by atomic mass is 79.9. The van der Waals surface area contributed by atoms with Crippen molar-refractivity contribution in [2.75, 3.05) is 6.54 Å². The molecule has 19 heavy (non-hydrogen) atoms. The van der Waals surface area contributed by atoms with E-state index in [1.54, 1.807) is 11.3 Å². The fourth-order valence-corrected chi connectivity index (χ4v) is 3.83. The lowest BCUT2D eigenvalue weighted by Gasteiger charge is -2.17. The van der Waals surface area contributed by atoms with Crippen LogP contribution in [-0.4, -0.2) is 11.5 Å². The van der Waals surface area contributed by atoms with Crippen molar-refractivity contribution >= 4 is 43.2 Å². The maximum Gasteiger partial charge on any atom is 0.0482 e. The van der Waals surface area contributed by atoms with Crippen LogP contribution >= 0.6 is 43.2 Å². The van der Waals surface area contributed by atoms with Crippen LogP contribution in [0.3, 0.4) is 0 Å². The first kappa shape index (κ1) is 15.2. The van der Waals surface area contributed by atoms with Gasteiger partial charge in [0.15, 0.2) is 0 Å². The van der Waals surface area contributed by atoms with Crippen LogP contribution < -0.4 is 5.32 Å². The zero-order chi connectivity index (χ0) is 13.7. The second-order valence-electron chi connectivity index (χ2n) is 4.31. The first-order valence-corrected chi connectivity index (χ1v) is 8.74. The summed E-state index contributed by atoms with van der Waals surface area (Å²) in [5.74, 6) is 0. The van der Waals surface area contributed by atoms with E-state index in [2.05, 4.69) is 66.6 Å². The zero-order valence-electron chi connectivity index (χ0n) is 10.7. The SMILES string of the molecule is CCCNC(Cc1ccc(Br)cn1)c1sccc1Br. The van der Waals surface area contributed by atoms with Crippen molar-refractivity contribution in [2.45, 2.75) is 25.8 Å². The number of aromatic nitrogens is 1. The van der Waals surface area contributed by atoms with Gasteiger partial charge in [-0.05, 0) is 68.4 Å². The van der Waals surface area contributed by atoms with Crippen molar-refractivity contribution in [1.29, 1.82) is 0 Å². The molecule has 0 fully saturated rings. The van der Waals surface area contributed by atoms with E-state index < -0.39 is 0 Å². The predicted octanol–water partition coefficient (Wildman–Crippen LogP) is 4.95. The van der Waals surface area contributed by atoms with Gasteiger partial charge in [0.1, 0.15) is 0 Å². The van der Waals surface area contributed by atoms with Crippen molar-refractivity contribution in [3.63, 3.8) is 0 Å². The third-order valence-corrected chi connectivity index (χ3v) is 5.26. The van der Waals surface area contributed by atoms with E-state index in [1.807, 2.05) is 12.3 Å². The van der Waals surface area contributed by atoms with Gasteiger partial charge in [-0.25, -0.2) is 0 Å². The Morgan fingerprint density at radius 3 is 2.74 bits per heavy atom. The molecule has 0 spiro atoms. The lowest BCUT2D eigenvalue weighted by Crippen LogP contribution is -2.23. The average Bonchev–Trinajstić information content (AvgIpc) is 2.83. The van der Waals surface area contributed by atoms with Gasteiger partial charge in [-0.15, -0.1) is 11.3 Å². The second-order valence-corrected chi connectivity index (χ2v) is 7.03. The summed E-state index contributed by atoms with van der Waals surface area (Å²) in [5.41, 5.74) is 1.11. The molecule has 1 unspecified atom stereocenters. The normalized spacial score (nSPS) is 12.6. The van der Waals surface area contributed by atoms with Crippen LogP contribution in [-0.2, 0) is 6.42 Å². The summed E-state index contributed by atoms with van der Waals surface area (Å²) in [6.45, 7) is 3.21. The van der Waals surface area contributed by atoms with E-state index in [4.69, 9.17) is 0 Å². The van der Waals surface area contributed by atoms with Crippen LogP contribution in [0, 0.1) is 0 Å². The highest BCUT2D eigenvalue weighted by Gasteiger charge is 2.16. The maximum absolute atomic E-state index is 4.47. The highest BCUT2D eigenvalue weighted by Crippen LogP contribution is 2.31. The maximum atomic E-state index is 4.47. The number of nitrogens with one attached hydrogen (secondary N) is 1. The lowest BCUT2D eigenvalue weighted by atomic mass is 10.1. The van der Waals surface area contributed by atoms with E-state index in [1.165, 1.54) is 9.35 Å². The van der Waals surface area contributed by atoms with Gasteiger partial charge in [-0.1, -0.05) is 6.92 Å². The molecule has 0 saturated carbocycles. The van der Waals surface area contributed by atoms with E-state index in [-0.39, 0.29) is 0 Å². The molecule has 2 aromatic rings. The molecule has 2 aromatic heterocycles. The van der Waals surface area contributed by atoms with Crippen LogP contribution in [0.5, 0.6) is 0 Å². The molecule has 0 aromatic carbocycles. The van der Waals surface area contributed by atoms with Crippen LogP contribution in [0.15, 0.2) is 38.7 Å². The summed E-state index contributed by atoms with van der Waals surface area (Å²) >= 11 is 8.83. The highest BCUT2D eigenvalue weighted by molar-refractivity contribution is 9.10. The third-order valence-electron chi connectivity index (χ3n) is 2.80. The Kier molecular flexibility index (Phi) is 6.01. The number of nitrogens with zero attached hydrogens (tertiary/aromatic N) is 1. The number of thiophene rings is 1. The zero-order valence-corrected chi connectivity index (χ0v) is 14.7. The molecule has 1 atom stereocenters. The molecule has 0 aliphatic rings. The van der Waals surface area contributed by atoms with E-state index in [0.29, 0.717) is 6.04 Å². The Labute approximate surface area is 134 Å². The Bertz CT molecular complexity index is 510. The minimum atomic E-state index is 0.322. The summed E-state index contributed by atoms with van der Waals surface area (Å²) in [6.07, 6.45) is 3.90. The molecular weight excluding hydrogens is 388 g/mol. The quantitative estimate of drug-likeness (QED) is 0.737. The predicted molar refractivity (Wildman–Crippen MR) is 88.7 cm³/mol. The monoisotopic (exact) mass is 402 g/mol. The van der Waals surface area contributed by atoms with Crippen LogP contribution in [0.1, 0.15) is 30.0 Å². The van der Waals surface area contributed by atoms with E-state index in [9.17, 15) is 0 Å². The molecule has 2 nitrogen and oxygen atoms in total. The van der Waals surface area contributed by atoms with Gasteiger partial charge in [0.05, 0.1) is 0 Å². The first-order valence-electron chi connectivity index (χ1n) is 6.27. The van der Waals surface area contributed by atoms with E-state index in [0.717, 1.165) is 29.6 Å². The smallest absolute Gasteiger partial charge is 0.0482 e. The first-order chi connectivity index (χ1) is 9.20. The molecule has 0 radical (unpaired) electrons. The number of halogens is 2. The summed E-state index contributed by atoms with van der Waals surface area (Å²) in [7, 11) is 0. The Balaban J connectivity index is 2.14. The van der Waals surface area contributed by atoms with Crippen molar-refractivity contribution in [3.8, 4) is 0 Å². The molecule has 2 rings (SSSR count). The molecule has 1 N–H and O–H groups in total. The number of pyridine rings is 1. The largest absolute Gasteiger partial charge is 0.309 e. The van der Waals surface area contributed by atoms with Gasteiger partial charge in [0.25, 0.3) is 0 Å². The average molecular weight is 404 g/mol. The van der Waals surface area contributed by atoms with Crippen molar-refractivity contribution in [3.05, 3.63) is 49.3 Å². The minimum absolute atomic E-state index is 0.322. The Hall–Kier alpha value is -0.230. The minimum Gasteiger partial charge on any atom is -0.309 e. The van der Waals surface area contributed by atoms with Gasteiger partial charge in [0.2, 0.25) is 0 Å². The molecule has 0 saturated heterocycles. The van der Waals surface area contributed by atoms with Gasteiger partial charge in [-0.3, -0.25) is 4.98 Å². The number of hydrogen-bond donors (Lipinski definition) is 1. The Morgan fingerprint density at radius 2 is 2.16 bits per heavy atom. The van der Waals surface area contributed by atoms with Crippen LogP contribution in [0.4, 0.5) is 0 Å². The fourth-order valence-electron chi connectivity index (χ4n) is 1.87. The molecule has 2 heterocycles. The molecule has 102 valence electrons. The van der Waals surface area contributed by atoms with Crippen LogP contribution in [0.2, 0.25) is 0 Å². The topological polar surface area (TPSA) is 24.9 Å². The molecular formula is C14H16Br2N2S. The lowest BCUT2D eigenvalue weighted by molar-refractivity contribution is 0.530. The number of rotatable bonds is 6. The third kappa shape index (κ3) is 4.38. The molecule has 0 bridgehead atoms. The molecule has 0 aliphatic carbocycles. The fraction of sp³-hybridized carbons (Fsp3) is 0.357. The van der Waals surface area contributed by atoms with E-state index >= 15 is 0 Å². The van der Waals surface area contributed by atoms with Crippen molar-refractivity contribution in [1.82, 2.24) is 10.3 Å². The molecule has 0 amide bonds. The standard InChI is InChI=1S/C14H16Br2N2S/c1-2-6-17-13(14-12(16)5-7-19-14)8-11-4-3-10(15)9-18-11/h3-5,7,9,13,17H,2,6,8H2,1H3. The van der Waals surface area contributed by atoms with Crippen molar-refractivity contribution in [2.24, 2.45) is 0 Å². The van der Waals surface area contributed by atoms with Gasteiger partial charge in [-0.2, -0.15) is 0 Å². The molecule has 5 heteroatoms. The molecule has 0 aliphatic heterocycles. The second kappa shape index (κ2) is 7.53. The summed E-state index contributed by atoms with van der Waals surface area (Å²) in [6, 6.07) is 6.55. The summed E-state index contributed by atoms with van der Waals surface area (Å²) in [4.78, 5) is 5.81. The summed E-state index contributed by atoms with van der Waals surface area (Å²) in [5, 5.41) is 5.72. The van der Waals surface area contributed by atoms with Crippen molar-refractivity contribution < 1.29 is 0 Å². The van der Waals surface area contributed by atoms with Gasteiger partial charge >= 0.3 is 0 Å².